The van der Waals surface area contributed by atoms with Crippen LogP contribution < -0.4 is 4.90 Å². The predicted molar refractivity (Wildman–Crippen MR) is 148 cm³/mol. The van der Waals surface area contributed by atoms with E-state index in [-0.39, 0.29) is 23.5 Å². The van der Waals surface area contributed by atoms with Crippen molar-refractivity contribution >= 4 is 28.7 Å². The summed E-state index contributed by atoms with van der Waals surface area (Å²) in [6.45, 7) is 14.5. The van der Waals surface area contributed by atoms with Crippen molar-refractivity contribution in [2.45, 2.75) is 65.4 Å². The van der Waals surface area contributed by atoms with Crippen molar-refractivity contribution in [3.05, 3.63) is 82.1 Å². The molecule has 0 amide bonds. The molecule has 0 radical (unpaired) electrons. The standard InChI is InChI=1S/C32H37N2O3/c1-18-9-11-25-23(13-18)31(4,5)27(33(25)8)15-21-29(36)22(30(21)37)16-28-32(6,7)24-14-19(2)10-12-26(24)34(28)17-20(3)35/h9-16,21,29,36H,17H2,1-8H3/q+1/b22-16+,27-15-. The second-order valence-electron chi connectivity index (χ2n) is 12.0. The van der Waals surface area contributed by atoms with Gasteiger partial charge < -0.3 is 10.0 Å². The van der Waals surface area contributed by atoms with Crippen LogP contribution in [0.2, 0.25) is 0 Å². The van der Waals surface area contributed by atoms with E-state index in [1.165, 1.54) is 11.1 Å². The Morgan fingerprint density at radius 2 is 1.65 bits per heavy atom. The molecule has 192 valence electrons. The van der Waals surface area contributed by atoms with Gasteiger partial charge in [0.25, 0.3) is 0 Å². The largest absolute Gasteiger partial charge is 0.387 e. The predicted octanol–water partition coefficient (Wildman–Crippen LogP) is 5.07. The van der Waals surface area contributed by atoms with Crippen LogP contribution in [0.25, 0.3) is 0 Å². The van der Waals surface area contributed by atoms with E-state index >= 15 is 0 Å². The molecule has 2 unspecified atom stereocenters. The third-order valence-electron chi connectivity index (χ3n) is 8.49. The molecule has 1 fully saturated rings. The molecule has 0 bridgehead atoms. The van der Waals surface area contributed by atoms with Crippen molar-refractivity contribution in [1.82, 2.24) is 0 Å². The second kappa shape index (κ2) is 8.35. The van der Waals surface area contributed by atoms with Gasteiger partial charge in [0, 0.05) is 54.0 Å². The molecule has 37 heavy (non-hydrogen) atoms. The summed E-state index contributed by atoms with van der Waals surface area (Å²) in [5.74, 6) is -0.603. The maximum absolute atomic E-state index is 13.5. The fourth-order valence-corrected chi connectivity index (χ4v) is 6.31. The summed E-state index contributed by atoms with van der Waals surface area (Å²) in [5, 5.41) is 11.2. The third-order valence-corrected chi connectivity index (χ3v) is 8.49. The number of aryl methyl sites for hydroxylation is 2. The number of Topliss-reactive ketones (excluding diaryl/α,β-unsaturated/α-hetero) is 2. The summed E-state index contributed by atoms with van der Waals surface area (Å²) in [5.41, 5.74) is 8.47. The van der Waals surface area contributed by atoms with Gasteiger partial charge in [0.2, 0.25) is 12.2 Å². The zero-order valence-corrected chi connectivity index (χ0v) is 23.1. The summed E-state index contributed by atoms with van der Waals surface area (Å²) in [7, 11) is 2.02. The fraction of sp³-hybridized carbons (Fsp3) is 0.406. The minimum Gasteiger partial charge on any atom is -0.387 e. The number of rotatable bonds is 4. The Kier molecular flexibility index (Phi) is 5.72. The van der Waals surface area contributed by atoms with Gasteiger partial charge in [-0.25, -0.2) is 0 Å². The Morgan fingerprint density at radius 1 is 1.03 bits per heavy atom. The van der Waals surface area contributed by atoms with E-state index in [4.69, 9.17) is 0 Å². The molecule has 5 heteroatoms. The lowest BCUT2D eigenvalue weighted by molar-refractivity contribution is -0.424. The molecule has 3 aliphatic rings. The first-order valence-electron chi connectivity index (χ1n) is 13.0. The second-order valence-corrected chi connectivity index (χ2v) is 12.0. The molecule has 1 N–H and O–H groups in total. The van der Waals surface area contributed by atoms with Crippen LogP contribution in [0.15, 0.2) is 59.8 Å². The third kappa shape index (κ3) is 3.74. The van der Waals surface area contributed by atoms with Gasteiger partial charge >= 0.3 is 0 Å². The smallest absolute Gasteiger partial charge is 0.210 e. The number of anilines is 1. The van der Waals surface area contributed by atoms with Crippen LogP contribution >= 0.6 is 0 Å². The summed E-state index contributed by atoms with van der Waals surface area (Å²) >= 11 is 0. The molecule has 2 aliphatic heterocycles. The number of ketones is 2. The lowest BCUT2D eigenvalue weighted by atomic mass is 9.71. The Hall–Kier alpha value is -3.31. The molecular weight excluding hydrogens is 460 g/mol. The highest BCUT2D eigenvalue weighted by atomic mass is 16.3. The highest BCUT2D eigenvalue weighted by molar-refractivity contribution is 6.14. The molecule has 2 aromatic rings. The van der Waals surface area contributed by atoms with Gasteiger partial charge in [-0.05, 0) is 45.4 Å². The summed E-state index contributed by atoms with van der Waals surface area (Å²) < 4.78 is 2.00. The molecule has 2 atom stereocenters. The topological polar surface area (TPSA) is 60.6 Å². The summed E-state index contributed by atoms with van der Waals surface area (Å²) in [4.78, 5) is 27.8. The number of fused-ring (bicyclic) bond motifs is 2. The molecule has 0 aromatic heterocycles. The fourth-order valence-electron chi connectivity index (χ4n) is 6.31. The van der Waals surface area contributed by atoms with Crippen molar-refractivity contribution in [2.75, 3.05) is 18.5 Å². The van der Waals surface area contributed by atoms with Crippen LogP contribution in [0.1, 0.15) is 56.9 Å². The lowest BCUT2D eigenvalue weighted by Gasteiger charge is -2.35. The highest BCUT2D eigenvalue weighted by Gasteiger charge is 2.50. The van der Waals surface area contributed by atoms with Gasteiger partial charge in [-0.15, -0.1) is 0 Å². The van der Waals surface area contributed by atoms with Crippen LogP contribution in [-0.2, 0) is 20.4 Å². The van der Waals surface area contributed by atoms with Gasteiger partial charge in [-0.1, -0.05) is 49.2 Å². The van der Waals surface area contributed by atoms with E-state index in [2.05, 4.69) is 70.7 Å². The maximum Gasteiger partial charge on any atom is 0.210 e. The monoisotopic (exact) mass is 497 g/mol. The maximum atomic E-state index is 13.5. The molecule has 0 spiro atoms. The SMILES string of the molecule is CC(=O)C[N+]1=C(/C=C2/C(=O)C(/C=C3\N(C)c4ccc(C)cc4C3(C)C)C2O)C(C)(C)c2cc(C)ccc21. The van der Waals surface area contributed by atoms with Crippen LogP contribution in [0.5, 0.6) is 0 Å². The number of nitrogens with zero attached hydrogens (tertiary/aromatic N) is 2. The minimum absolute atomic E-state index is 0.0459. The van der Waals surface area contributed by atoms with E-state index in [0.717, 1.165) is 33.9 Å². The molecule has 0 saturated heterocycles. The first-order valence-corrected chi connectivity index (χ1v) is 13.0. The van der Waals surface area contributed by atoms with Crippen LogP contribution in [0.4, 0.5) is 11.4 Å². The van der Waals surface area contributed by atoms with Crippen molar-refractivity contribution in [3.63, 3.8) is 0 Å². The van der Waals surface area contributed by atoms with Gasteiger partial charge in [0.1, 0.15) is 0 Å². The molecule has 2 aromatic carbocycles. The molecule has 5 nitrogen and oxygen atoms in total. The molecule has 1 aliphatic carbocycles. The number of hydrogen-bond acceptors (Lipinski definition) is 4. The normalized spacial score (nSPS) is 25.5. The number of carbonyl (C=O) groups excluding carboxylic acids is 2. The van der Waals surface area contributed by atoms with Gasteiger partial charge in [0.05, 0.1) is 17.4 Å². The Labute approximate surface area is 219 Å². The van der Waals surface area contributed by atoms with Gasteiger partial charge in [0.15, 0.2) is 17.3 Å². The lowest BCUT2D eigenvalue weighted by Crippen LogP contribution is -2.46. The van der Waals surface area contributed by atoms with Gasteiger partial charge in [-0.3, -0.25) is 9.59 Å². The minimum atomic E-state index is -0.887. The molecular formula is C32H37N2O3+. The van der Waals surface area contributed by atoms with Crippen molar-refractivity contribution in [2.24, 2.45) is 5.92 Å². The number of carbonyl (C=O) groups is 2. The van der Waals surface area contributed by atoms with E-state index in [1.807, 2.05) is 35.9 Å². The summed E-state index contributed by atoms with van der Waals surface area (Å²) in [6, 6.07) is 12.7. The quantitative estimate of drug-likeness (QED) is 0.474. The first-order chi connectivity index (χ1) is 17.2. The van der Waals surface area contributed by atoms with E-state index in [0.29, 0.717) is 5.57 Å². The zero-order valence-electron chi connectivity index (χ0n) is 23.1. The Balaban J connectivity index is 1.52. The van der Waals surface area contributed by atoms with Crippen molar-refractivity contribution < 1.29 is 19.3 Å². The van der Waals surface area contributed by atoms with Crippen molar-refractivity contribution in [1.29, 1.82) is 0 Å². The number of hydrogen-bond donors (Lipinski definition) is 1. The number of allylic oxidation sites excluding steroid dienone is 2. The van der Waals surface area contributed by atoms with E-state index in [9.17, 15) is 14.7 Å². The summed E-state index contributed by atoms with van der Waals surface area (Å²) in [6.07, 6.45) is 2.90. The van der Waals surface area contributed by atoms with E-state index in [1.54, 1.807) is 6.92 Å². The number of aliphatic hydroxyl groups excluding tert-OH is 1. The van der Waals surface area contributed by atoms with E-state index < -0.39 is 17.4 Å². The van der Waals surface area contributed by atoms with Crippen LogP contribution in [-0.4, -0.2) is 46.7 Å². The van der Waals surface area contributed by atoms with Crippen LogP contribution in [0.3, 0.4) is 0 Å². The molecule has 5 rings (SSSR count). The average molecular weight is 498 g/mol. The molecule has 1 saturated carbocycles. The van der Waals surface area contributed by atoms with Gasteiger partial charge in [-0.2, -0.15) is 4.58 Å². The molecule has 2 heterocycles. The first kappa shape index (κ1) is 25.3. The Morgan fingerprint density at radius 3 is 2.27 bits per heavy atom. The average Bonchev–Trinajstić information content (AvgIpc) is 3.13. The zero-order chi connectivity index (χ0) is 27.0. The highest BCUT2D eigenvalue weighted by Crippen LogP contribution is 2.49. The number of aliphatic hydroxyl groups is 1. The van der Waals surface area contributed by atoms with Crippen molar-refractivity contribution in [3.8, 4) is 0 Å². The number of likely N-dealkylation sites (N-methyl/N-ethyl adjacent to an activating group) is 1. The van der Waals surface area contributed by atoms with Crippen LogP contribution in [0, 0.1) is 19.8 Å². The Bertz CT molecular complexity index is 1450. The number of benzene rings is 2.